The number of nitrogens with zero attached hydrogens (tertiary/aromatic N) is 1. The van der Waals surface area contributed by atoms with Crippen molar-refractivity contribution < 1.29 is 24.1 Å². The summed E-state index contributed by atoms with van der Waals surface area (Å²) in [6.07, 6.45) is 3.27. The third-order valence-electron chi connectivity index (χ3n) is 4.33. The topological polar surface area (TPSA) is 101 Å². The molecule has 7 heteroatoms. The smallest absolute Gasteiger partial charge is 0.145 e. The van der Waals surface area contributed by atoms with E-state index in [2.05, 4.69) is 18.0 Å². The molecule has 0 radical (unpaired) electrons. The zero-order valence-corrected chi connectivity index (χ0v) is 16.2. The molecule has 0 amide bonds. The highest BCUT2D eigenvalue weighted by Crippen LogP contribution is 2.40. The first kappa shape index (κ1) is 21.5. The van der Waals surface area contributed by atoms with Crippen molar-refractivity contribution in [2.24, 2.45) is 0 Å². The minimum absolute atomic E-state index is 0.256. The largest absolute Gasteiger partial charge is 0.497 e. The van der Waals surface area contributed by atoms with Gasteiger partial charge in [0.25, 0.3) is 0 Å². The Morgan fingerprint density at radius 2 is 2.29 bits per heavy atom. The molecule has 0 fully saturated rings. The van der Waals surface area contributed by atoms with Gasteiger partial charge in [0.2, 0.25) is 0 Å². The standard InChI is InChI=1S/C21H26N2O5/c1-4-9-27-16(14-26-10-5-8-24)13-23-19-17-11-15(12-22)6-7-18(17)28-21(2,3)20(19)25/h4,6-8,11,14,19-20,23,25H,1,5,9-10,13H2,2-3H3/b16-14-. The zero-order chi connectivity index (χ0) is 20.6. The van der Waals surface area contributed by atoms with Crippen LogP contribution in [0.5, 0.6) is 5.75 Å². The van der Waals surface area contributed by atoms with Crippen LogP contribution in [0.1, 0.15) is 37.4 Å². The highest BCUT2D eigenvalue weighted by Gasteiger charge is 2.42. The Hall–Kier alpha value is -2.82. The van der Waals surface area contributed by atoms with Crippen LogP contribution in [0.15, 0.2) is 42.9 Å². The summed E-state index contributed by atoms with van der Waals surface area (Å²) in [6, 6.07) is 6.76. The quantitative estimate of drug-likeness (QED) is 0.275. The second-order valence-corrected chi connectivity index (χ2v) is 6.88. The van der Waals surface area contributed by atoms with Crippen LogP contribution in [0, 0.1) is 11.3 Å². The van der Waals surface area contributed by atoms with E-state index >= 15 is 0 Å². The molecule has 0 saturated carbocycles. The second kappa shape index (κ2) is 9.93. The molecule has 28 heavy (non-hydrogen) atoms. The molecule has 1 aliphatic rings. The fourth-order valence-corrected chi connectivity index (χ4v) is 2.86. The predicted octanol–water partition coefficient (Wildman–Crippen LogP) is 2.37. The highest BCUT2D eigenvalue weighted by atomic mass is 16.5. The van der Waals surface area contributed by atoms with Gasteiger partial charge < -0.3 is 29.4 Å². The lowest BCUT2D eigenvalue weighted by atomic mass is 9.86. The monoisotopic (exact) mass is 386 g/mol. The van der Waals surface area contributed by atoms with Crippen LogP contribution < -0.4 is 10.1 Å². The van der Waals surface area contributed by atoms with Gasteiger partial charge in [0.15, 0.2) is 0 Å². The summed E-state index contributed by atoms with van der Waals surface area (Å²) in [5, 5.41) is 23.3. The Morgan fingerprint density at radius 1 is 1.50 bits per heavy atom. The average Bonchev–Trinajstić information content (AvgIpc) is 2.68. The molecule has 1 aliphatic heterocycles. The van der Waals surface area contributed by atoms with Crippen molar-refractivity contribution in [1.29, 1.82) is 5.26 Å². The van der Waals surface area contributed by atoms with Gasteiger partial charge in [0.05, 0.1) is 30.8 Å². The fraction of sp³-hybridized carbons (Fsp3) is 0.429. The van der Waals surface area contributed by atoms with Crippen LogP contribution in [-0.4, -0.2) is 42.9 Å². The molecule has 7 nitrogen and oxygen atoms in total. The van der Waals surface area contributed by atoms with Crippen LogP contribution in [0.25, 0.3) is 0 Å². The SMILES string of the molecule is C=CCO/C(=C\OCCC=O)CNC1c2cc(C#N)ccc2OC(C)(C)C1O. The maximum Gasteiger partial charge on any atom is 0.145 e. The van der Waals surface area contributed by atoms with Gasteiger partial charge >= 0.3 is 0 Å². The summed E-state index contributed by atoms with van der Waals surface area (Å²) in [5.41, 5.74) is 0.373. The van der Waals surface area contributed by atoms with Gasteiger partial charge in [-0.25, -0.2) is 0 Å². The number of benzene rings is 1. The van der Waals surface area contributed by atoms with E-state index in [1.807, 2.05) is 0 Å². The van der Waals surface area contributed by atoms with E-state index in [1.165, 1.54) is 6.26 Å². The Morgan fingerprint density at radius 3 is 2.96 bits per heavy atom. The zero-order valence-electron chi connectivity index (χ0n) is 16.2. The van der Waals surface area contributed by atoms with Crippen molar-refractivity contribution in [3.63, 3.8) is 0 Å². The fourth-order valence-electron chi connectivity index (χ4n) is 2.86. The molecule has 1 aromatic rings. The van der Waals surface area contributed by atoms with Gasteiger partial charge in [-0.1, -0.05) is 12.7 Å². The molecule has 2 unspecified atom stereocenters. The molecule has 2 rings (SSSR count). The summed E-state index contributed by atoms with van der Waals surface area (Å²) >= 11 is 0. The minimum Gasteiger partial charge on any atom is -0.497 e. The third-order valence-corrected chi connectivity index (χ3v) is 4.33. The van der Waals surface area contributed by atoms with Crippen molar-refractivity contribution in [1.82, 2.24) is 5.32 Å². The van der Waals surface area contributed by atoms with E-state index in [0.717, 1.165) is 6.29 Å². The van der Waals surface area contributed by atoms with Crippen LogP contribution in [0.4, 0.5) is 0 Å². The number of hydrogen-bond acceptors (Lipinski definition) is 7. The number of carbonyl (C=O) groups is 1. The molecule has 2 N–H and O–H groups in total. The van der Waals surface area contributed by atoms with Crippen molar-refractivity contribution in [3.8, 4) is 11.8 Å². The molecule has 1 heterocycles. The molecular formula is C21H26N2O5. The van der Waals surface area contributed by atoms with Gasteiger partial charge in [-0.15, -0.1) is 0 Å². The van der Waals surface area contributed by atoms with Crippen LogP contribution in [0.3, 0.4) is 0 Å². The lowest BCUT2D eigenvalue weighted by Gasteiger charge is -2.42. The number of rotatable bonds is 10. The first-order chi connectivity index (χ1) is 13.4. The van der Waals surface area contributed by atoms with Crippen molar-refractivity contribution in [2.75, 3.05) is 19.8 Å². The number of nitrogens with one attached hydrogen (secondary N) is 1. The number of aliphatic hydroxyl groups excluding tert-OH is 1. The van der Waals surface area contributed by atoms with Crippen molar-refractivity contribution >= 4 is 6.29 Å². The Balaban J connectivity index is 2.20. The van der Waals surface area contributed by atoms with Gasteiger partial charge in [0.1, 0.15) is 42.4 Å². The number of carbonyl (C=O) groups excluding carboxylic acids is 1. The highest BCUT2D eigenvalue weighted by molar-refractivity contribution is 5.49. The second-order valence-electron chi connectivity index (χ2n) is 6.88. The number of hydrogen-bond donors (Lipinski definition) is 2. The molecule has 0 aromatic heterocycles. The summed E-state index contributed by atoms with van der Waals surface area (Å²) in [5.74, 6) is 1.12. The molecular weight excluding hydrogens is 360 g/mol. The average molecular weight is 386 g/mol. The predicted molar refractivity (Wildman–Crippen MR) is 103 cm³/mol. The molecule has 0 saturated heterocycles. The van der Waals surface area contributed by atoms with Crippen molar-refractivity contribution in [3.05, 3.63) is 54.0 Å². The van der Waals surface area contributed by atoms with E-state index < -0.39 is 17.7 Å². The normalized spacial score (nSPS) is 20.3. The van der Waals surface area contributed by atoms with E-state index in [-0.39, 0.29) is 19.6 Å². The van der Waals surface area contributed by atoms with E-state index in [9.17, 15) is 15.2 Å². The third kappa shape index (κ3) is 5.35. The maximum absolute atomic E-state index is 10.8. The lowest BCUT2D eigenvalue weighted by Crippen LogP contribution is -2.52. The molecule has 0 bridgehead atoms. The first-order valence-corrected chi connectivity index (χ1v) is 9.05. The Labute approximate surface area is 165 Å². The van der Waals surface area contributed by atoms with Crippen LogP contribution >= 0.6 is 0 Å². The van der Waals surface area contributed by atoms with E-state index in [0.29, 0.717) is 29.2 Å². The summed E-state index contributed by atoms with van der Waals surface area (Å²) in [4.78, 5) is 10.4. The number of fused-ring (bicyclic) bond motifs is 1. The van der Waals surface area contributed by atoms with Crippen LogP contribution in [0.2, 0.25) is 0 Å². The van der Waals surface area contributed by atoms with E-state index in [4.69, 9.17) is 14.2 Å². The Bertz CT molecular complexity index is 767. The number of nitriles is 1. The maximum atomic E-state index is 10.8. The number of aliphatic hydroxyl groups is 1. The summed E-state index contributed by atoms with van der Waals surface area (Å²) in [6.45, 7) is 8.05. The summed E-state index contributed by atoms with van der Waals surface area (Å²) in [7, 11) is 0. The van der Waals surface area contributed by atoms with Gasteiger partial charge in [0, 0.05) is 12.0 Å². The number of aldehydes is 1. The molecule has 0 aliphatic carbocycles. The Kier molecular flexibility index (Phi) is 7.61. The van der Waals surface area contributed by atoms with Gasteiger partial charge in [-0.05, 0) is 32.0 Å². The lowest BCUT2D eigenvalue weighted by molar-refractivity contribution is -0.108. The van der Waals surface area contributed by atoms with Gasteiger partial charge in [-0.3, -0.25) is 0 Å². The number of ether oxygens (including phenoxy) is 3. The van der Waals surface area contributed by atoms with E-state index in [1.54, 1.807) is 38.1 Å². The summed E-state index contributed by atoms with van der Waals surface area (Å²) < 4.78 is 16.8. The minimum atomic E-state index is -0.856. The van der Waals surface area contributed by atoms with Crippen molar-refractivity contribution in [2.45, 2.75) is 38.0 Å². The molecule has 2 atom stereocenters. The van der Waals surface area contributed by atoms with Crippen LogP contribution in [-0.2, 0) is 14.3 Å². The molecule has 1 aromatic carbocycles. The first-order valence-electron chi connectivity index (χ1n) is 9.05. The van der Waals surface area contributed by atoms with Gasteiger partial charge in [-0.2, -0.15) is 5.26 Å². The molecule has 150 valence electrons. The molecule has 0 spiro atoms.